The molecule has 0 aliphatic carbocycles. The van der Waals surface area contributed by atoms with E-state index in [4.69, 9.17) is 16.9 Å². The molecule has 0 fully saturated rings. The first-order valence-electron chi connectivity index (χ1n) is 7.04. The van der Waals surface area contributed by atoms with Crippen LogP contribution in [0.3, 0.4) is 0 Å². The van der Waals surface area contributed by atoms with Crippen LogP contribution < -0.4 is 0 Å². The molecule has 0 bridgehead atoms. The van der Waals surface area contributed by atoms with Crippen molar-refractivity contribution in [2.75, 3.05) is 0 Å². The molecule has 3 aromatic rings. The predicted octanol–water partition coefficient (Wildman–Crippen LogP) is 4.04. The molecule has 0 aliphatic heterocycles. The van der Waals surface area contributed by atoms with Crippen LogP contribution in [0.4, 0.5) is 0 Å². The van der Waals surface area contributed by atoms with Gasteiger partial charge in [-0.1, -0.05) is 35.9 Å². The second-order valence-electron chi connectivity index (χ2n) is 5.00. The molecule has 0 spiro atoms. The van der Waals surface area contributed by atoms with E-state index >= 15 is 0 Å². The van der Waals surface area contributed by atoms with Crippen molar-refractivity contribution >= 4 is 23.3 Å². The van der Waals surface area contributed by atoms with Gasteiger partial charge in [-0.05, 0) is 47.0 Å². The molecule has 0 saturated heterocycles. The number of hydrogen-bond acceptors (Lipinski definition) is 3. The summed E-state index contributed by atoms with van der Waals surface area (Å²) < 4.78 is 1.76. The highest BCUT2D eigenvalue weighted by molar-refractivity contribution is 6.30. The number of halogens is 1. The van der Waals surface area contributed by atoms with Gasteiger partial charge in [0.15, 0.2) is 0 Å². The summed E-state index contributed by atoms with van der Waals surface area (Å²) in [5.74, 6) is 0. The smallest absolute Gasteiger partial charge is 0.137 e. The Morgan fingerprint density at radius 3 is 2.48 bits per heavy atom. The number of hydrogen-bond donors (Lipinski definition) is 0. The molecule has 0 atom stereocenters. The van der Waals surface area contributed by atoms with Crippen LogP contribution in [0, 0.1) is 11.3 Å². The third-order valence-corrected chi connectivity index (χ3v) is 3.65. The number of nitriles is 1. The van der Waals surface area contributed by atoms with Crippen LogP contribution in [0.2, 0.25) is 5.02 Å². The molecule has 0 amide bonds. The van der Waals surface area contributed by atoms with E-state index in [0.717, 1.165) is 16.7 Å². The van der Waals surface area contributed by atoms with Crippen molar-refractivity contribution in [1.82, 2.24) is 14.8 Å². The average Bonchev–Trinajstić information content (AvgIpc) is 3.09. The van der Waals surface area contributed by atoms with Gasteiger partial charge in [-0.15, -0.1) is 0 Å². The zero-order valence-electron chi connectivity index (χ0n) is 12.2. The average molecular weight is 321 g/mol. The van der Waals surface area contributed by atoms with Crippen molar-refractivity contribution in [2.24, 2.45) is 0 Å². The largest absolute Gasteiger partial charge is 0.249 e. The summed E-state index contributed by atoms with van der Waals surface area (Å²) >= 11 is 5.94. The van der Waals surface area contributed by atoms with Gasteiger partial charge < -0.3 is 0 Å². The van der Waals surface area contributed by atoms with Gasteiger partial charge in [0.25, 0.3) is 0 Å². The lowest BCUT2D eigenvalue weighted by Crippen LogP contribution is -2.01. The number of rotatable bonds is 4. The Kier molecular flexibility index (Phi) is 4.51. The van der Waals surface area contributed by atoms with Crippen LogP contribution in [0.1, 0.15) is 16.7 Å². The van der Waals surface area contributed by atoms with Gasteiger partial charge in [0.1, 0.15) is 12.7 Å². The van der Waals surface area contributed by atoms with E-state index in [9.17, 15) is 0 Å². The fourth-order valence-corrected chi connectivity index (χ4v) is 2.35. The maximum atomic E-state index is 8.94. The van der Waals surface area contributed by atoms with Crippen molar-refractivity contribution in [3.63, 3.8) is 0 Å². The van der Waals surface area contributed by atoms with Crippen molar-refractivity contribution in [3.8, 4) is 6.07 Å². The van der Waals surface area contributed by atoms with E-state index in [1.54, 1.807) is 11.0 Å². The van der Waals surface area contributed by atoms with Gasteiger partial charge >= 0.3 is 0 Å². The summed E-state index contributed by atoms with van der Waals surface area (Å²) in [4.78, 5) is 3.98. The number of aromatic nitrogens is 3. The molecule has 1 aromatic heterocycles. The van der Waals surface area contributed by atoms with Crippen LogP contribution in [0.15, 0.2) is 61.2 Å². The molecule has 3 rings (SSSR count). The lowest BCUT2D eigenvalue weighted by atomic mass is 10.0. The second kappa shape index (κ2) is 6.91. The van der Waals surface area contributed by atoms with Gasteiger partial charge in [0.05, 0.1) is 18.2 Å². The zero-order chi connectivity index (χ0) is 16.1. The van der Waals surface area contributed by atoms with Gasteiger partial charge in [0.2, 0.25) is 0 Å². The van der Waals surface area contributed by atoms with E-state index < -0.39 is 0 Å². The first kappa shape index (κ1) is 15.0. The highest BCUT2D eigenvalue weighted by Gasteiger charge is 2.05. The monoisotopic (exact) mass is 320 g/mol. The SMILES string of the molecule is N#Cc1ccc(/C(=C/c2ccc(Cl)cc2)Cn2cncn2)cc1. The third-order valence-electron chi connectivity index (χ3n) is 3.39. The van der Waals surface area contributed by atoms with Gasteiger partial charge in [-0.25, -0.2) is 9.67 Å². The molecule has 0 unspecified atom stereocenters. The normalized spacial score (nSPS) is 11.2. The number of nitrogens with zero attached hydrogens (tertiary/aromatic N) is 4. The Morgan fingerprint density at radius 2 is 1.87 bits per heavy atom. The minimum Gasteiger partial charge on any atom is -0.249 e. The molecule has 2 aromatic carbocycles. The molecule has 0 radical (unpaired) electrons. The molecular formula is C18H13ClN4. The van der Waals surface area contributed by atoms with E-state index in [-0.39, 0.29) is 0 Å². The summed E-state index contributed by atoms with van der Waals surface area (Å²) in [6.45, 7) is 0.592. The molecule has 4 nitrogen and oxygen atoms in total. The highest BCUT2D eigenvalue weighted by atomic mass is 35.5. The van der Waals surface area contributed by atoms with Crippen molar-refractivity contribution < 1.29 is 0 Å². The molecule has 0 aliphatic rings. The highest BCUT2D eigenvalue weighted by Crippen LogP contribution is 2.21. The quantitative estimate of drug-likeness (QED) is 0.682. The van der Waals surface area contributed by atoms with Crippen LogP contribution in [-0.4, -0.2) is 14.8 Å². The Hall–Kier alpha value is -2.90. The molecule has 23 heavy (non-hydrogen) atoms. The fourth-order valence-electron chi connectivity index (χ4n) is 2.23. The molecule has 0 saturated carbocycles. The molecular weight excluding hydrogens is 308 g/mol. The first-order valence-corrected chi connectivity index (χ1v) is 7.41. The summed E-state index contributed by atoms with van der Waals surface area (Å²) in [6.07, 6.45) is 5.28. The molecule has 112 valence electrons. The van der Waals surface area contributed by atoms with E-state index in [1.807, 2.05) is 48.5 Å². The first-order chi connectivity index (χ1) is 11.2. The summed E-state index contributed by atoms with van der Waals surface area (Å²) in [5, 5.41) is 13.8. The van der Waals surface area contributed by atoms with Crippen LogP contribution in [0.5, 0.6) is 0 Å². The molecule has 1 heterocycles. The second-order valence-corrected chi connectivity index (χ2v) is 5.44. The summed E-state index contributed by atoms with van der Waals surface area (Å²) in [6, 6.07) is 17.3. The number of allylic oxidation sites excluding steroid dienone is 1. The molecule has 5 heteroatoms. The van der Waals surface area contributed by atoms with E-state index in [2.05, 4.69) is 22.2 Å². The Balaban J connectivity index is 1.98. The lowest BCUT2D eigenvalue weighted by Gasteiger charge is -2.09. The zero-order valence-corrected chi connectivity index (χ0v) is 13.0. The molecule has 0 N–H and O–H groups in total. The van der Waals surface area contributed by atoms with Crippen molar-refractivity contribution in [1.29, 1.82) is 5.26 Å². The minimum atomic E-state index is 0.592. The van der Waals surface area contributed by atoms with Crippen LogP contribution in [0.25, 0.3) is 11.6 Å². The van der Waals surface area contributed by atoms with Crippen LogP contribution >= 0.6 is 11.6 Å². The summed E-state index contributed by atoms with van der Waals surface area (Å²) in [7, 11) is 0. The number of benzene rings is 2. The minimum absolute atomic E-state index is 0.592. The third kappa shape index (κ3) is 3.85. The Bertz CT molecular complexity index is 842. The van der Waals surface area contributed by atoms with Gasteiger partial charge in [-0.2, -0.15) is 10.4 Å². The maximum Gasteiger partial charge on any atom is 0.137 e. The standard InChI is InChI=1S/C18H13ClN4/c19-18-7-3-14(4-8-18)9-17(11-23-13-21-12-22-23)16-5-1-15(10-20)2-6-16/h1-9,12-13H,11H2/b17-9+. The predicted molar refractivity (Wildman–Crippen MR) is 90.5 cm³/mol. The van der Waals surface area contributed by atoms with Crippen molar-refractivity contribution in [2.45, 2.75) is 6.54 Å². The lowest BCUT2D eigenvalue weighted by molar-refractivity contribution is 0.711. The maximum absolute atomic E-state index is 8.94. The van der Waals surface area contributed by atoms with Crippen LogP contribution in [-0.2, 0) is 6.54 Å². The fraction of sp³-hybridized carbons (Fsp3) is 0.0556. The topological polar surface area (TPSA) is 54.5 Å². The summed E-state index contributed by atoms with van der Waals surface area (Å²) in [5.41, 5.74) is 3.80. The van der Waals surface area contributed by atoms with Gasteiger partial charge in [-0.3, -0.25) is 0 Å². The Morgan fingerprint density at radius 1 is 1.13 bits per heavy atom. The van der Waals surface area contributed by atoms with E-state index in [0.29, 0.717) is 17.1 Å². The van der Waals surface area contributed by atoms with Gasteiger partial charge in [0, 0.05) is 5.02 Å². The van der Waals surface area contributed by atoms with Crippen molar-refractivity contribution in [3.05, 3.63) is 82.9 Å². The van der Waals surface area contributed by atoms with E-state index in [1.165, 1.54) is 6.33 Å². The Labute approximate surface area is 139 Å².